The lowest BCUT2D eigenvalue weighted by Gasteiger charge is -2.29. The summed E-state index contributed by atoms with van der Waals surface area (Å²) in [5, 5.41) is 15.9. The predicted molar refractivity (Wildman–Crippen MR) is 54.3 cm³/mol. The Morgan fingerprint density at radius 2 is 2.24 bits per heavy atom. The van der Waals surface area contributed by atoms with Crippen molar-refractivity contribution >= 4 is 5.97 Å². The molecule has 2 heterocycles. The van der Waals surface area contributed by atoms with Crippen LogP contribution in [0.15, 0.2) is 6.20 Å². The lowest BCUT2D eigenvalue weighted by atomic mass is 10.1. The molecule has 1 saturated carbocycles. The molecule has 7 heteroatoms. The van der Waals surface area contributed by atoms with Crippen molar-refractivity contribution in [2.24, 2.45) is 5.41 Å². The van der Waals surface area contributed by atoms with E-state index < -0.39 is 5.97 Å². The van der Waals surface area contributed by atoms with Crippen molar-refractivity contribution in [3.05, 3.63) is 11.9 Å². The third kappa shape index (κ3) is 2.16. The first kappa shape index (κ1) is 10.7. The Morgan fingerprint density at radius 3 is 2.76 bits per heavy atom. The van der Waals surface area contributed by atoms with E-state index in [4.69, 9.17) is 14.6 Å². The van der Waals surface area contributed by atoms with E-state index in [0.717, 1.165) is 13.2 Å². The fraction of sp³-hybridized carbons (Fsp3) is 0.700. The maximum absolute atomic E-state index is 10.6. The van der Waals surface area contributed by atoms with Crippen molar-refractivity contribution in [3.8, 4) is 0 Å². The number of carbonyl (C=O) groups is 1. The lowest BCUT2D eigenvalue weighted by Crippen LogP contribution is -2.36. The van der Waals surface area contributed by atoms with E-state index in [0.29, 0.717) is 6.54 Å². The highest BCUT2D eigenvalue weighted by Crippen LogP contribution is 2.48. The van der Waals surface area contributed by atoms with E-state index >= 15 is 0 Å². The Kier molecular flexibility index (Phi) is 2.37. The van der Waals surface area contributed by atoms with Gasteiger partial charge in [-0.25, -0.2) is 9.48 Å². The molecule has 17 heavy (non-hydrogen) atoms. The van der Waals surface area contributed by atoms with Crippen LogP contribution in [0.3, 0.4) is 0 Å². The van der Waals surface area contributed by atoms with Crippen LogP contribution < -0.4 is 0 Å². The second-order valence-corrected chi connectivity index (χ2v) is 4.68. The first-order valence-electron chi connectivity index (χ1n) is 5.54. The quantitative estimate of drug-likeness (QED) is 0.806. The van der Waals surface area contributed by atoms with Crippen molar-refractivity contribution in [3.63, 3.8) is 0 Å². The molecule has 1 aliphatic heterocycles. The summed E-state index contributed by atoms with van der Waals surface area (Å²) in [6.07, 6.45) is 3.36. The van der Waals surface area contributed by atoms with Crippen LogP contribution in [0.5, 0.6) is 0 Å². The molecule has 0 bridgehead atoms. The van der Waals surface area contributed by atoms with Crippen molar-refractivity contribution in [1.29, 1.82) is 0 Å². The van der Waals surface area contributed by atoms with Gasteiger partial charge in [-0.1, -0.05) is 5.21 Å². The minimum absolute atomic E-state index is 0.0699. The van der Waals surface area contributed by atoms with Crippen LogP contribution in [0.25, 0.3) is 0 Å². The number of rotatable bonds is 3. The van der Waals surface area contributed by atoms with Gasteiger partial charge in [0.1, 0.15) is 0 Å². The van der Waals surface area contributed by atoms with Crippen molar-refractivity contribution in [1.82, 2.24) is 15.0 Å². The Hall–Kier alpha value is -1.47. The molecule has 1 aromatic rings. The second-order valence-electron chi connectivity index (χ2n) is 4.68. The maximum Gasteiger partial charge on any atom is 0.358 e. The first-order chi connectivity index (χ1) is 8.17. The molecular formula is C10H13N3O4. The average Bonchev–Trinajstić information content (AvgIpc) is 2.89. The first-order valence-corrected chi connectivity index (χ1v) is 5.54. The highest BCUT2D eigenvalue weighted by Gasteiger charge is 2.46. The number of aromatic carboxylic acids is 1. The van der Waals surface area contributed by atoms with Crippen LogP contribution in [-0.2, 0) is 16.0 Å². The molecule has 1 aromatic heterocycles. The maximum atomic E-state index is 10.6. The van der Waals surface area contributed by atoms with Gasteiger partial charge in [-0.05, 0) is 12.8 Å². The zero-order valence-electron chi connectivity index (χ0n) is 9.20. The highest BCUT2D eigenvalue weighted by molar-refractivity contribution is 5.84. The number of ether oxygens (including phenoxy) is 2. The van der Waals surface area contributed by atoms with Gasteiger partial charge in [0.2, 0.25) is 0 Å². The molecule has 3 rings (SSSR count). The number of hydrogen-bond donors (Lipinski definition) is 1. The molecule has 1 saturated heterocycles. The summed E-state index contributed by atoms with van der Waals surface area (Å²) >= 11 is 0. The summed E-state index contributed by atoms with van der Waals surface area (Å²) in [6, 6.07) is 0. The molecule has 2 fully saturated rings. The molecule has 92 valence electrons. The van der Waals surface area contributed by atoms with Gasteiger partial charge >= 0.3 is 5.97 Å². The number of carboxylic acid groups (broad SMARTS) is 1. The van der Waals surface area contributed by atoms with Crippen LogP contribution in [0.4, 0.5) is 0 Å². The summed E-state index contributed by atoms with van der Waals surface area (Å²) < 4.78 is 12.6. The molecule has 0 radical (unpaired) electrons. The fourth-order valence-corrected chi connectivity index (χ4v) is 1.84. The largest absolute Gasteiger partial charge is 0.476 e. The van der Waals surface area contributed by atoms with Gasteiger partial charge in [-0.2, -0.15) is 0 Å². The van der Waals surface area contributed by atoms with E-state index in [1.165, 1.54) is 23.7 Å². The van der Waals surface area contributed by atoms with Crippen molar-refractivity contribution in [2.75, 3.05) is 13.2 Å². The molecule has 0 atom stereocenters. The minimum Gasteiger partial charge on any atom is -0.476 e. The monoisotopic (exact) mass is 239 g/mol. The topological polar surface area (TPSA) is 86.5 Å². The zero-order valence-corrected chi connectivity index (χ0v) is 9.20. The van der Waals surface area contributed by atoms with Gasteiger partial charge in [0.15, 0.2) is 12.0 Å². The second kappa shape index (κ2) is 3.78. The van der Waals surface area contributed by atoms with Crippen molar-refractivity contribution in [2.45, 2.75) is 25.7 Å². The standard InChI is InChI=1S/C10H13N3O4/c14-9(15)7-3-13(12-11-7)4-8-16-5-10(1-2-10)6-17-8/h3,8H,1-2,4-6H2,(H,14,15). The van der Waals surface area contributed by atoms with Crippen LogP contribution in [0.1, 0.15) is 23.3 Å². The van der Waals surface area contributed by atoms with Gasteiger partial charge in [0, 0.05) is 5.41 Å². The average molecular weight is 239 g/mol. The molecule has 0 aromatic carbocycles. The normalized spacial score (nSPS) is 22.8. The van der Waals surface area contributed by atoms with E-state index in [1.54, 1.807) is 0 Å². The SMILES string of the molecule is O=C(O)c1cn(CC2OCC3(CC3)CO2)nn1. The van der Waals surface area contributed by atoms with E-state index in [9.17, 15) is 4.79 Å². The Labute approximate surface area is 97.3 Å². The van der Waals surface area contributed by atoms with Crippen LogP contribution in [-0.4, -0.2) is 45.6 Å². The Bertz CT molecular complexity index is 431. The van der Waals surface area contributed by atoms with Gasteiger partial charge in [0.05, 0.1) is 26.0 Å². The third-order valence-corrected chi connectivity index (χ3v) is 3.20. The smallest absolute Gasteiger partial charge is 0.358 e. The van der Waals surface area contributed by atoms with Crippen LogP contribution in [0.2, 0.25) is 0 Å². The number of nitrogens with zero attached hydrogens (tertiary/aromatic N) is 3. The molecule has 1 aliphatic carbocycles. The zero-order chi connectivity index (χ0) is 11.9. The fourth-order valence-electron chi connectivity index (χ4n) is 1.84. The van der Waals surface area contributed by atoms with E-state index in [-0.39, 0.29) is 17.4 Å². The number of aromatic nitrogens is 3. The van der Waals surface area contributed by atoms with Gasteiger partial charge in [-0.3, -0.25) is 0 Å². The summed E-state index contributed by atoms with van der Waals surface area (Å²) in [4.78, 5) is 10.6. The summed E-state index contributed by atoms with van der Waals surface area (Å²) in [7, 11) is 0. The minimum atomic E-state index is -1.08. The van der Waals surface area contributed by atoms with Crippen LogP contribution >= 0.6 is 0 Å². The third-order valence-electron chi connectivity index (χ3n) is 3.20. The molecule has 1 spiro atoms. The number of carboxylic acids is 1. The molecular weight excluding hydrogens is 226 g/mol. The molecule has 1 N–H and O–H groups in total. The summed E-state index contributed by atoms with van der Waals surface area (Å²) in [5.41, 5.74) is 0.199. The van der Waals surface area contributed by atoms with Gasteiger partial charge in [-0.15, -0.1) is 5.10 Å². The lowest BCUT2D eigenvalue weighted by molar-refractivity contribution is -0.213. The molecule has 0 unspecified atom stereocenters. The highest BCUT2D eigenvalue weighted by atomic mass is 16.7. The van der Waals surface area contributed by atoms with E-state index in [1.807, 2.05) is 0 Å². The Morgan fingerprint density at radius 1 is 1.53 bits per heavy atom. The van der Waals surface area contributed by atoms with Crippen molar-refractivity contribution < 1.29 is 19.4 Å². The summed E-state index contributed by atoms with van der Waals surface area (Å²) in [6.45, 7) is 1.81. The van der Waals surface area contributed by atoms with Crippen LogP contribution in [0, 0.1) is 5.41 Å². The molecule has 7 nitrogen and oxygen atoms in total. The predicted octanol–water partition coefficient (Wildman–Crippen LogP) is 0.129. The molecule has 2 aliphatic rings. The van der Waals surface area contributed by atoms with E-state index in [2.05, 4.69) is 10.3 Å². The number of hydrogen-bond acceptors (Lipinski definition) is 5. The Balaban J connectivity index is 1.57. The van der Waals surface area contributed by atoms with Gasteiger partial charge in [0.25, 0.3) is 0 Å². The molecule has 0 amide bonds. The summed E-state index contributed by atoms with van der Waals surface area (Å²) in [5.74, 6) is -1.08. The van der Waals surface area contributed by atoms with Gasteiger partial charge < -0.3 is 14.6 Å².